The Hall–Kier alpha value is -2.96. The number of nitrogens with two attached hydrogens (primary N) is 1. The van der Waals surface area contributed by atoms with Crippen molar-refractivity contribution >= 4 is 11.7 Å². The Balaban J connectivity index is 2.09. The van der Waals surface area contributed by atoms with Crippen LogP contribution in [0.5, 0.6) is 0 Å². The van der Waals surface area contributed by atoms with Gasteiger partial charge in [-0.3, -0.25) is 14.8 Å². The summed E-state index contributed by atoms with van der Waals surface area (Å²) in [6.07, 6.45) is 4.75. The zero-order chi connectivity index (χ0) is 15.2. The number of hydrogen-bond donors (Lipinski definition) is 2. The fourth-order valence-corrected chi connectivity index (χ4v) is 1.76. The van der Waals surface area contributed by atoms with E-state index >= 15 is 0 Å². The minimum absolute atomic E-state index is 0.0494. The zero-order valence-electron chi connectivity index (χ0n) is 11.5. The van der Waals surface area contributed by atoms with Crippen molar-refractivity contribution in [2.45, 2.75) is 6.54 Å². The van der Waals surface area contributed by atoms with E-state index in [9.17, 15) is 4.79 Å². The maximum atomic E-state index is 12.2. The average Bonchev–Trinajstić information content (AvgIpc) is 2.54. The number of pyridine rings is 2. The highest BCUT2D eigenvalue weighted by molar-refractivity contribution is 5.98. The largest absolute Gasteiger partial charge is 0.409 e. The molecule has 0 unspecified atom stereocenters. The van der Waals surface area contributed by atoms with Crippen molar-refractivity contribution in [3.63, 3.8) is 0 Å². The normalized spacial score (nSPS) is 11.2. The minimum atomic E-state index is -0.210. The fourth-order valence-electron chi connectivity index (χ4n) is 1.76. The maximum Gasteiger partial charge on any atom is 0.272 e. The monoisotopic (exact) mass is 285 g/mol. The lowest BCUT2D eigenvalue weighted by Gasteiger charge is -2.16. The second-order valence-electron chi connectivity index (χ2n) is 4.43. The third-order valence-electron chi connectivity index (χ3n) is 2.90. The molecule has 2 aromatic heterocycles. The summed E-state index contributed by atoms with van der Waals surface area (Å²) in [6.45, 7) is 0.463. The molecule has 0 bridgehead atoms. The molecule has 0 atom stereocenters. The topological polar surface area (TPSA) is 105 Å². The second kappa shape index (κ2) is 6.47. The number of carbonyl (C=O) groups is 1. The molecule has 0 aliphatic carbocycles. The quantitative estimate of drug-likeness (QED) is 0.375. The Bertz CT molecular complexity index is 640. The molecule has 1 amide bonds. The van der Waals surface area contributed by atoms with Crippen LogP contribution in [-0.2, 0) is 6.54 Å². The fraction of sp³-hybridized carbons (Fsp3) is 0.143. The molecule has 7 nitrogen and oxygen atoms in total. The SMILES string of the molecule is CN(Cc1ccncc1)C(=O)c1ccc(C(N)=NO)cn1. The molecule has 0 radical (unpaired) electrons. The van der Waals surface area contributed by atoms with Crippen LogP contribution in [0, 0.1) is 0 Å². The Labute approximate surface area is 121 Å². The molecule has 2 aromatic rings. The van der Waals surface area contributed by atoms with Gasteiger partial charge in [0.2, 0.25) is 0 Å². The summed E-state index contributed by atoms with van der Waals surface area (Å²) >= 11 is 0. The number of aromatic nitrogens is 2. The van der Waals surface area contributed by atoms with Gasteiger partial charge >= 0.3 is 0 Å². The van der Waals surface area contributed by atoms with E-state index in [2.05, 4.69) is 15.1 Å². The van der Waals surface area contributed by atoms with Gasteiger partial charge in [-0.2, -0.15) is 0 Å². The molecule has 7 heteroatoms. The molecule has 108 valence electrons. The van der Waals surface area contributed by atoms with E-state index in [1.165, 1.54) is 6.20 Å². The van der Waals surface area contributed by atoms with Crippen molar-refractivity contribution in [3.8, 4) is 0 Å². The molecule has 0 aromatic carbocycles. The highest BCUT2D eigenvalue weighted by Gasteiger charge is 2.13. The van der Waals surface area contributed by atoms with Gasteiger partial charge in [0, 0.05) is 37.7 Å². The van der Waals surface area contributed by atoms with Crippen LogP contribution < -0.4 is 5.73 Å². The summed E-state index contributed by atoms with van der Waals surface area (Å²) in [4.78, 5) is 21.8. The molecule has 0 saturated heterocycles. The Morgan fingerprint density at radius 3 is 2.62 bits per heavy atom. The third-order valence-corrected chi connectivity index (χ3v) is 2.90. The van der Waals surface area contributed by atoms with Gasteiger partial charge in [0.1, 0.15) is 5.69 Å². The van der Waals surface area contributed by atoms with Gasteiger partial charge < -0.3 is 15.8 Å². The number of hydrogen-bond acceptors (Lipinski definition) is 5. The first-order valence-electron chi connectivity index (χ1n) is 6.20. The Morgan fingerprint density at radius 2 is 2.05 bits per heavy atom. The van der Waals surface area contributed by atoms with Crippen LogP contribution in [0.4, 0.5) is 0 Å². The standard InChI is InChI=1S/C14H15N5O2/c1-19(9-10-4-6-16-7-5-10)14(20)12-3-2-11(8-17-12)13(15)18-21/h2-8,21H,9H2,1H3,(H2,15,18). The van der Waals surface area contributed by atoms with E-state index in [0.29, 0.717) is 17.8 Å². The van der Waals surface area contributed by atoms with E-state index in [4.69, 9.17) is 10.9 Å². The minimum Gasteiger partial charge on any atom is -0.409 e. The number of carbonyl (C=O) groups excluding carboxylic acids is 1. The van der Waals surface area contributed by atoms with Crippen LogP contribution in [0.2, 0.25) is 0 Å². The predicted molar refractivity (Wildman–Crippen MR) is 76.8 cm³/mol. The predicted octanol–water partition coefficient (Wildman–Crippen LogP) is 0.843. The molecule has 2 heterocycles. The smallest absolute Gasteiger partial charge is 0.272 e. The van der Waals surface area contributed by atoms with Crippen molar-refractivity contribution < 1.29 is 10.0 Å². The lowest BCUT2D eigenvalue weighted by Crippen LogP contribution is -2.27. The van der Waals surface area contributed by atoms with Crippen LogP contribution in [-0.4, -0.2) is 38.9 Å². The highest BCUT2D eigenvalue weighted by atomic mass is 16.4. The summed E-state index contributed by atoms with van der Waals surface area (Å²) in [7, 11) is 1.70. The Morgan fingerprint density at radius 1 is 1.33 bits per heavy atom. The number of nitrogens with zero attached hydrogens (tertiary/aromatic N) is 4. The summed E-state index contributed by atoms with van der Waals surface area (Å²) in [5.74, 6) is -0.260. The van der Waals surface area contributed by atoms with E-state index < -0.39 is 0 Å². The summed E-state index contributed by atoms with van der Waals surface area (Å²) in [5, 5.41) is 11.5. The van der Waals surface area contributed by atoms with Crippen LogP contribution in [0.25, 0.3) is 0 Å². The number of oxime groups is 1. The maximum absolute atomic E-state index is 12.2. The van der Waals surface area contributed by atoms with E-state index in [0.717, 1.165) is 5.56 Å². The molecule has 2 rings (SSSR count). The zero-order valence-corrected chi connectivity index (χ0v) is 11.5. The molecule has 0 spiro atoms. The third kappa shape index (κ3) is 3.53. The molecule has 0 saturated carbocycles. The molecule has 0 fully saturated rings. The van der Waals surface area contributed by atoms with Crippen LogP contribution in [0.15, 0.2) is 48.0 Å². The number of amidine groups is 1. The van der Waals surface area contributed by atoms with Gasteiger partial charge in [-0.1, -0.05) is 5.16 Å². The van der Waals surface area contributed by atoms with Gasteiger partial charge in [-0.25, -0.2) is 0 Å². The van der Waals surface area contributed by atoms with Crippen molar-refractivity contribution in [1.29, 1.82) is 0 Å². The van der Waals surface area contributed by atoms with E-state index in [-0.39, 0.29) is 11.7 Å². The lowest BCUT2D eigenvalue weighted by molar-refractivity contribution is 0.0779. The van der Waals surface area contributed by atoms with Crippen molar-refractivity contribution in [2.75, 3.05) is 7.05 Å². The molecular weight excluding hydrogens is 270 g/mol. The van der Waals surface area contributed by atoms with Gasteiger partial charge in [0.25, 0.3) is 5.91 Å². The first-order valence-corrected chi connectivity index (χ1v) is 6.20. The van der Waals surface area contributed by atoms with Gasteiger partial charge in [-0.15, -0.1) is 0 Å². The summed E-state index contributed by atoms with van der Waals surface area (Å²) < 4.78 is 0. The lowest BCUT2D eigenvalue weighted by atomic mass is 10.2. The van der Waals surface area contributed by atoms with Crippen LogP contribution in [0.1, 0.15) is 21.6 Å². The van der Waals surface area contributed by atoms with Gasteiger partial charge in [-0.05, 0) is 29.8 Å². The van der Waals surface area contributed by atoms with Crippen LogP contribution >= 0.6 is 0 Å². The van der Waals surface area contributed by atoms with E-state index in [1.807, 2.05) is 12.1 Å². The molecule has 3 N–H and O–H groups in total. The molecule has 21 heavy (non-hydrogen) atoms. The van der Waals surface area contributed by atoms with Crippen molar-refractivity contribution in [3.05, 3.63) is 59.7 Å². The summed E-state index contributed by atoms with van der Waals surface area (Å²) in [6, 6.07) is 6.81. The van der Waals surface area contributed by atoms with Crippen LogP contribution in [0.3, 0.4) is 0 Å². The first-order chi connectivity index (χ1) is 10.1. The van der Waals surface area contributed by atoms with E-state index in [1.54, 1.807) is 36.5 Å². The second-order valence-corrected chi connectivity index (χ2v) is 4.43. The molecule has 0 aliphatic rings. The van der Waals surface area contributed by atoms with Gasteiger partial charge in [0.15, 0.2) is 5.84 Å². The molecular formula is C14H15N5O2. The van der Waals surface area contributed by atoms with Crippen molar-refractivity contribution in [1.82, 2.24) is 14.9 Å². The Kier molecular flexibility index (Phi) is 4.45. The molecule has 0 aliphatic heterocycles. The number of rotatable bonds is 4. The van der Waals surface area contributed by atoms with Gasteiger partial charge in [0.05, 0.1) is 0 Å². The average molecular weight is 285 g/mol. The number of amides is 1. The van der Waals surface area contributed by atoms with Crippen molar-refractivity contribution in [2.24, 2.45) is 10.9 Å². The first kappa shape index (κ1) is 14.4. The summed E-state index contributed by atoms with van der Waals surface area (Å²) in [5.41, 5.74) is 7.16. The highest BCUT2D eigenvalue weighted by Crippen LogP contribution is 2.07.